The van der Waals surface area contributed by atoms with Crippen LogP contribution < -0.4 is 16.0 Å². The fraction of sp³-hybridized carbons (Fsp3) is 0.571. The number of carbonyl (C=O) groups excluding carboxylic acids is 1. The number of primary amides is 1. The molecule has 1 aromatic rings. The molecule has 1 aromatic heterocycles. The van der Waals surface area contributed by atoms with Crippen LogP contribution in [0.3, 0.4) is 0 Å². The molecular weight excluding hydrogens is 311 g/mol. The molecular formula is C14H20Cl2N4O. The number of hydrogen-bond acceptors (Lipinski definition) is 4. The van der Waals surface area contributed by atoms with E-state index in [1.807, 2.05) is 11.8 Å². The van der Waals surface area contributed by atoms with Crippen LogP contribution in [0.4, 0.5) is 11.6 Å². The molecule has 116 valence electrons. The summed E-state index contributed by atoms with van der Waals surface area (Å²) in [4.78, 5) is 18.0. The molecule has 2 unspecified atom stereocenters. The fourth-order valence-electron chi connectivity index (χ4n) is 2.58. The Morgan fingerprint density at radius 3 is 2.81 bits per heavy atom. The summed E-state index contributed by atoms with van der Waals surface area (Å²) < 4.78 is 0. The number of carbonyl (C=O) groups is 1. The number of pyridine rings is 1. The van der Waals surface area contributed by atoms with Gasteiger partial charge in [0, 0.05) is 19.1 Å². The van der Waals surface area contributed by atoms with Crippen molar-refractivity contribution in [2.24, 2.45) is 11.7 Å². The maximum Gasteiger partial charge on any atom is 0.222 e. The van der Waals surface area contributed by atoms with E-state index in [9.17, 15) is 4.79 Å². The monoisotopic (exact) mass is 330 g/mol. The highest BCUT2D eigenvalue weighted by Gasteiger charge is 2.31. The van der Waals surface area contributed by atoms with E-state index in [2.05, 4.69) is 17.2 Å². The van der Waals surface area contributed by atoms with Crippen molar-refractivity contribution >= 4 is 40.7 Å². The molecule has 1 aliphatic rings. The third kappa shape index (κ3) is 3.52. The minimum absolute atomic E-state index is 0.169. The number of hydrogen-bond donors (Lipinski definition) is 2. The zero-order valence-corrected chi connectivity index (χ0v) is 13.7. The van der Waals surface area contributed by atoms with Gasteiger partial charge in [-0.05, 0) is 32.8 Å². The van der Waals surface area contributed by atoms with Crippen molar-refractivity contribution in [1.29, 1.82) is 0 Å². The first kappa shape index (κ1) is 16.2. The van der Waals surface area contributed by atoms with Crippen molar-refractivity contribution in [3.05, 3.63) is 16.1 Å². The summed E-state index contributed by atoms with van der Waals surface area (Å²) in [5.74, 6) is 0.809. The normalized spacial score (nSPS) is 22.2. The predicted molar refractivity (Wildman–Crippen MR) is 87.1 cm³/mol. The van der Waals surface area contributed by atoms with Gasteiger partial charge < -0.3 is 16.0 Å². The third-order valence-electron chi connectivity index (χ3n) is 3.81. The van der Waals surface area contributed by atoms with Crippen molar-refractivity contribution in [2.45, 2.75) is 32.7 Å². The number of rotatable bonds is 4. The number of piperidine rings is 1. The van der Waals surface area contributed by atoms with Crippen LogP contribution >= 0.6 is 23.2 Å². The van der Waals surface area contributed by atoms with Crippen LogP contribution in [-0.2, 0) is 4.79 Å². The molecule has 2 atom stereocenters. The lowest BCUT2D eigenvalue weighted by Crippen LogP contribution is -2.46. The van der Waals surface area contributed by atoms with Gasteiger partial charge in [-0.15, -0.1) is 0 Å². The van der Waals surface area contributed by atoms with Crippen LogP contribution in [0, 0.1) is 5.92 Å². The van der Waals surface area contributed by atoms with Gasteiger partial charge in [-0.25, -0.2) is 4.98 Å². The summed E-state index contributed by atoms with van der Waals surface area (Å²) in [5.41, 5.74) is 5.44. The fourth-order valence-corrected chi connectivity index (χ4v) is 3.12. The Hall–Kier alpha value is -1.20. The molecule has 3 N–H and O–H groups in total. The van der Waals surface area contributed by atoms with Crippen LogP contribution in [0.2, 0.25) is 10.0 Å². The summed E-state index contributed by atoms with van der Waals surface area (Å²) in [7, 11) is 0. The van der Waals surface area contributed by atoms with Crippen molar-refractivity contribution < 1.29 is 4.79 Å². The lowest BCUT2D eigenvalue weighted by atomic mass is 9.93. The Kier molecular flexibility index (Phi) is 5.17. The van der Waals surface area contributed by atoms with Crippen molar-refractivity contribution in [3.8, 4) is 0 Å². The molecule has 1 aliphatic heterocycles. The highest BCUT2D eigenvalue weighted by molar-refractivity contribution is 6.37. The molecule has 2 heterocycles. The summed E-state index contributed by atoms with van der Waals surface area (Å²) in [5, 5.41) is 4.08. The topological polar surface area (TPSA) is 71.2 Å². The second-order valence-electron chi connectivity index (χ2n) is 5.33. The van der Waals surface area contributed by atoms with Gasteiger partial charge in [0.25, 0.3) is 0 Å². The quantitative estimate of drug-likeness (QED) is 0.890. The van der Waals surface area contributed by atoms with Gasteiger partial charge in [0.1, 0.15) is 11.6 Å². The first-order valence-corrected chi connectivity index (χ1v) is 7.85. The number of nitrogens with zero attached hydrogens (tertiary/aromatic N) is 2. The highest BCUT2D eigenvalue weighted by Crippen LogP contribution is 2.35. The van der Waals surface area contributed by atoms with Crippen molar-refractivity contribution in [1.82, 2.24) is 4.98 Å². The predicted octanol–water partition coefficient (Wildman–Crippen LogP) is 2.91. The number of amides is 1. The molecule has 0 saturated carbocycles. The number of nitrogens with two attached hydrogens (primary N) is 1. The second-order valence-corrected chi connectivity index (χ2v) is 6.15. The van der Waals surface area contributed by atoms with Crippen LogP contribution in [0.1, 0.15) is 26.7 Å². The molecule has 1 amide bonds. The number of aromatic nitrogens is 1. The zero-order valence-electron chi connectivity index (χ0n) is 12.2. The van der Waals surface area contributed by atoms with Gasteiger partial charge in [-0.1, -0.05) is 23.2 Å². The Morgan fingerprint density at radius 1 is 1.48 bits per heavy atom. The van der Waals surface area contributed by atoms with Crippen LogP contribution in [-0.4, -0.2) is 30.0 Å². The third-order valence-corrected chi connectivity index (χ3v) is 4.38. The van der Waals surface area contributed by atoms with Crippen LogP contribution in [0.15, 0.2) is 6.07 Å². The number of anilines is 2. The summed E-state index contributed by atoms with van der Waals surface area (Å²) >= 11 is 12.4. The van der Waals surface area contributed by atoms with E-state index in [-0.39, 0.29) is 17.9 Å². The number of nitrogens with one attached hydrogen (secondary N) is 1. The second kappa shape index (κ2) is 6.71. The molecule has 1 fully saturated rings. The smallest absolute Gasteiger partial charge is 0.222 e. The van der Waals surface area contributed by atoms with E-state index in [0.717, 1.165) is 12.8 Å². The standard InChI is InChI=1S/C14H20Cl2N4O/c1-3-18-13-10(15)6-11(16)14(19-13)20-7-9(12(17)21)5-4-8(20)2/h6,8-9H,3-5,7H2,1-2H3,(H2,17,21)(H,18,19). The molecule has 0 aliphatic carbocycles. The van der Waals surface area contributed by atoms with Crippen molar-refractivity contribution in [3.63, 3.8) is 0 Å². The maximum absolute atomic E-state index is 11.5. The molecule has 0 radical (unpaired) electrons. The van der Waals surface area contributed by atoms with Gasteiger partial charge >= 0.3 is 0 Å². The molecule has 0 aromatic carbocycles. The maximum atomic E-state index is 11.5. The summed E-state index contributed by atoms with van der Waals surface area (Å²) in [6, 6.07) is 1.94. The average Bonchev–Trinajstić information content (AvgIpc) is 2.42. The first-order chi connectivity index (χ1) is 9.93. The highest BCUT2D eigenvalue weighted by atomic mass is 35.5. The number of halogens is 2. The van der Waals surface area contributed by atoms with E-state index in [1.54, 1.807) is 6.07 Å². The Bertz CT molecular complexity index is 538. The molecule has 2 rings (SSSR count). The van der Waals surface area contributed by atoms with E-state index in [0.29, 0.717) is 34.8 Å². The van der Waals surface area contributed by atoms with Gasteiger partial charge in [-0.2, -0.15) is 0 Å². The lowest BCUT2D eigenvalue weighted by Gasteiger charge is -2.38. The molecule has 0 spiro atoms. The lowest BCUT2D eigenvalue weighted by molar-refractivity contribution is -0.122. The SMILES string of the molecule is CCNc1nc(N2CC(C(N)=O)CCC2C)c(Cl)cc1Cl. The van der Waals surface area contributed by atoms with Gasteiger partial charge in [-0.3, -0.25) is 4.79 Å². The van der Waals surface area contributed by atoms with Crippen LogP contribution in [0.5, 0.6) is 0 Å². The Morgan fingerprint density at radius 2 is 2.19 bits per heavy atom. The van der Waals surface area contributed by atoms with Gasteiger partial charge in [0.2, 0.25) is 5.91 Å². The minimum Gasteiger partial charge on any atom is -0.369 e. The molecule has 1 saturated heterocycles. The average molecular weight is 331 g/mol. The largest absolute Gasteiger partial charge is 0.369 e. The van der Waals surface area contributed by atoms with E-state index < -0.39 is 0 Å². The Labute approximate surface area is 134 Å². The van der Waals surface area contributed by atoms with Gasteiger partial charge in [0.05, 0.1) is 16.0 Å². The van der Waals surface area contributed by atoms with E-state index >= 15 is 0 Å². The molecule has 21 heavy (non-hydrogen) atoms. The van der Waals surface area contributed by atoms with Crippen molar-refractivity contribution in [2.75, 3.05) is 23.3 Å². The minimum atomic E-state index is -0.274. The van der Waals surface area contributed by atoms with E-state index in [4.69, 9.17) is 28.9 Å². The summed E-state index contributed by atoms with van der Waals surface area (Å²) in [6.45, 7) is 5.32. The molecule has 7 heteroatoms. The van der Waals surface area contributed by atoms with Crippen LogP contribution in [0.25, 0.3) is 0 Å². The summed E-state index contributed by atoms with van der Waals surface area (Å²) in [6.07, 6.45) is 1.68. The first-order valence-electron chi connectivity index (χ1n) is 7.09. The van der Waals surface area contributed by atoms with Gasteiger partial charge in [0.15, 0.2) is 0 Å². The zero-order chi connectivity index (χ0) is 15.6. The molecule has 5 nitrogen and oxygen atoms in total. The Balaban J connectivity index is 2.34. The molecule has 0 bridgehead atoms. The van der Waals surface area contributed by atoms with E-state index in [1.165, 1.54) is 0 Å².